The van der Waals surface area contributed by atoms with Crippen LogP contribution in [0.2, 0.25) is 0 Å². The Morgan fingerprint density at radius 1 is 1.08 bits per heavy atom. The third-order valence-corrected chi connectivity index (χ3v) is 4.44. The Hall–Kier alpha value is -2.47. The van der Waals surface area contributed by atoms with Crippen LogP contribution >= 0.6 is 0 Å². The van der Waals surface area contributed by atoms with Crippen molar-refractivity contribution in [1.82, 2.24) is 5.32 Å². The van der Waals surface area contributed by atoms with E-state index in [4.69, 9.17) is 0 Å². The van der Waals surface area contributed by atoms with Crippen LogP contribution in [0.15, 0.2) is 54.6 Å². The predicted octanol–water partition coefficient (Wildman–Crippen LogP) is 2.61. The molecule has 1 fully saturated rings. The van der Waals surface area contributed by atoms with E-state index in [2.05, 4.69) is 10.1 Å². The van der Waals surface area contributed by atoms with Crippen LogP contribution < -0.4 is 15.4 Å². The molecule has 0 unspecified atom stereocenters. The Kier molecular flexibility index (Phi) is 5.83. The summed E-state index contributed by atoms with van der Waals surface area (Å²) < 4.78 is 29.1. The van der Waals surface area contributed by atoms with Gasteiger partial charge in [0.05, 0.1) is 0 Å². The van der Waals surface area contributed by atoms with Crippen molar-refractivity contribution >= 4 is 5.91 Å². The highest BCUT2D eigenvalue weighted by molar-refractivity contribution is 5.80. The molecule has 0 spiro atoms. The van der Waals surface area contributed by atoms with Gasteiger partial charge >= 0.3 is 6.61 Å². The van der Waals surface area contributed by atoms with Crippen LogP contribution in [0.5, 0.6) is 5.75 Å². The Bertz CT molecular complexity index is 718. The zero-order chi connectivity index (χ0) is 18.5. The van der Waals surface area contributed by atoms with Crippen molar-refractivity contribution in [3.63, 3.8) is 0 Å². The van der Waals surface area contributed by atoms with Gasteiger partial charge in [0.25, 0.3) is 5.91 Å². The molecular weight excluding hydrogens is 338 g/mol. The van der Waals surface area contributed by atoms with Gasteiger partial charge in [0, 0.05) is 17.2 Å². The van der Waals surface area contributed by atoms with Crippen molar-refractivity contribution in [3.8, 4) is 5.75 Å². The maximum Gasteiger partial charge on any atom is 0.387 e. The van der Waals surface area contributed by atoms with Crippen molar-refractivity contribution in [3.05, 3.63) is 65.7 Å². The molecule has 0 aromatic heterocycles. The summed E-state index contributed by atoms with van der Waals surface area (Å²) in [6.45, 7) is -0.967. The van der Waals surface area contributed by atoms with Gasteiger partial charge in [-0.15, -0.1) is 0 Å². The lowest BCUT2D eigenvalue weighted by atomic mass is 9.97. The third-order valence-electron chi connectivity index (χ3n) is 4.44. The largest absolute Gasteiger partial charge is 0.435 e. The Morgan fingerprint density at radius 2 is 1.69 bits per heavy atom. The highest BCUT2D eigenvalue weighted by Crippen LogP contribution is 2.22. The van der Waals surface area contributed by atoms with Crippen LogP contribution in [0.25, 0.3) is 0 Å². The predicted molar refractivity (Wildman–Crippen MR) is 93.9 cm³/mol. The highest BCUT2D eigenvalue weighted by Gasteiger charge is 2.29. The minimum atomic E-state index is -2.84. The van der Waals surface area contributed by atoms with Gasteiger partial charge in [-0.05, 0) is 44.0 Å². The molecule has 4 nitrogen and oxygen atoms in total. The lowest BCUT2D eigenvalue weighted by Crippen LogP contribution is -2.92. The molecule has 0 heterocycles. The summed E-state index contributed by atoms with van der Waals surface area (Å²) in [4.78, 5) is 12.3. The number of carbonyl (C=O) groups excluding carboxylic acids is 1. The molecule has 6 heteroatoms. The number of nitrogens with one attached hydrogen (secondary N) is 1. The Labute approximate surface area is 151 Å². The van der Waals surface area contributed by atoms with Crippen LogP contribution in [0.4, 0.5) is 8.78 Å². The molecule has 2 atom stereocenters. The van der Waals surface area contributed by atoms with Crippen molar-refractivity contribution < 1.29 is 23.6 Å². The molecule has 0 radical (unpaired) electrons. The highest BCUT2D eigenvalue weighted by atomic mass is 19.3. The van der Waals surface area contributed by atoms with Gasteiger partial charge in [0.2, 0.25) is 0 Å². The van der Waals surface area contributed by atoms with E-state index in [1.54, 1.807) is 12.1 Å². The van der Waals surface area contributed by atoms with E-state index in [1.165, 1.54) is 12.1 Å². The molecule has 138 valence electrons. The number of benzene rings is 2. The number of carbonyl (C=O) groups is 1. The fourth-order valence-corrected chi connectivity index (χ4v) is 2.87. The first-order valence-electron chi connectivity index (χ1n) is 8.78. The number of ether oxygens (including phenoxy) is 1. The molecule has 1 aliphatic carbocycles. The van der Waals surface area contributed by atoms with E-state index >= 15 is 0 Å². The SMILES string of the molecule is C[C@H]([NH2+][C@@H](c1ccccc1)c1ccc(OC(F)F)cc1)C(=O)NC1CC1. The second-order valence-electron chi connectivity index (χ2n) is 6.60. The molecule has 1 saturated carbocycles. The van der Waals surface area contributed by atoms with Crippen LogP contribution in [0.1, 0.15) is 36.9 Å². The molecular formula is C20H23F2N2O2+. The summed E-state index contributed by atoms with van der Waals surface area (Å²) >= 11 is 0. The lowest BCUT2D eigenvalue weighted by Gasteiger charge is -2.21. The first-order valence-corrected chi connectivity index (χ1v) is 8.78. The molecule has 3 rings (SSSR count). The summed E-state index contributed by atoms with van der Waals surface area (Å²) in [6.07, 6.45) is 2.10. The van der Waals surface area contributed by atoms with Crippen molar-refractivity contribution in [2.45, 2.75) is 44.5 Å². The smallest absolute Gasteiger partial charge is 0.387 e. The Balaban J connectivity index is 1.78. The number of hydrogen-bond donors (Lipinski definition) is 2. The summed E-state index contributed by atoms with van der Waals surface area (Å²) in [6, 6.07) is 16.3. The van der Waals surface area contributed by atoms with E-state index in [0.717, 1.165) is 24.0 Å². The third kappa shape index (κ3) is 5.02. The topological polar surface area (TPSA) is 54.9 Å². The summed E-state index contributed by atoms with van der Waals surface area (Å²) in [5, 5.41) is 5.02. The molecule has 0 aliphatic heterocycles. The fourth-order valence-electron chi connectivity index (χ4n) is 2.87. The molecule has 1 amide bonds. The van der Waals surface area contributed by atoms with Crippen LogP contribution in [-0.4, -0.2) is 24.6 Å². The van der Waals surface area contributed by atoms with E-state index in [9.17, 15) is 13.6 Å². The first kappa shape index (κ1) is 18.3. The van der Waals surface area contributed by atoms with Crippen molar-refractivity contribution in [2.24, 2.45) is 0 Å². The van der Waals surface area contributed by atoms with Gasteiger partial charge in [-0.2, -0.15) is 8.78 Å². The van der Waals surface area contributed by atoms with Gasteiger partial charge in [0.15, 0.2) is 6.04 Å². The van der Waals surface area contributed by atoms with Crippen molar-refractivity contribution in [1.29, 1.82) is 0 Å². The first-order chi connectivity index (χ1) is 12.5. The molecule has 2 aromatic carbocycles. The van der Waals surface area contributed by atoms with E-state index < -0.39 is 6.61 Å². The summed E-state index contributed by atoms with van der Waals surface area (Å²) in [7, 11) is 0. The minimum Gasteiger partial charge on any atom is -0.435 e. The van der Waals surface area contributed by atoms with Crippen LogP contribution in [0.3, 0.4) is 0 Å². The second kappa shape index (κ2) is 8.27. The Morgan fingerprint density at radius 3 is 2.27 bits per heavy atom. The van der Waals surface area contributed by atoms with Gasteiger partial charge in [-0.3, -0.25) is 4.79 Å². The standard InChI is InChI=1S/C20H22F2N2O2/c1-13(19(25)24-16-9-10-16)23-18(14-5-3-2-4-6-14)15-7-11-17(12-8-15)26-20(21)22/h2-8,11-13,16,18,20,23H,9-10H2,1H3,(H,24,25)/p+1/t13-,18-/m0/s1. The molecule has 26 heavy (non-hydrogen) atoms. The molecule has 0 bridgehead atoms. The molecule has 0 saturated heterocycles. The number of halogens is 2. The van der Waals surface area contributed by atoms with Crippen molar-refractivity contribution in [2.75, 3.05) is 0 Å². The van der Waals surface area contributed by atoms with Gasteiger partial charge in [-0.25, -0.2) is 0 Å². The number of amides is 1. The maximum absolute atomic E-state index is 12.3. The number of hydrogen-bond acceptors (Lipinski definition) is 2. The second-order valence-corrected chi connectivity index (χ2v) is 6.60. The maximum atomic E-state index is 12.3. The monoisotopic (exact) mass is 361 g/mol. The number of rotatable bonds is 8. The zero-order valence-electron chi connectivity index (χ0n) is 14.6. The minimum absolute atomic E-state index is 0.0195. The number of nitrogens with two attached hydrogens (primary N) is 1. The quantitative estimate of drug-likeness (QED) is 0.759. The molecule has 3 N–H and O–H groups in total. The normalized spacial score (nSPS) is 16.2. The molecule has 2 aromatic rings. The zero-order valence-corrected chi connectivity index (χ0v) is 14.6. The van der Waals surface area contributed by atoms with Crippen LogP contribution in [-0.2, 0) is 4.79 Å². The van der Waals surface area contributed by atoms with E-state index in [1.807, 2.05) is 42.6 Å². The van der Waals surface area contributed by atoms with Gasteiger partial charge < -0.3 is 15.4 Å². The van der Waals surface area contributed by atoms with E-state index in [0.29, 0.717) is 6.04 Å². The summed E-state index contributed by atoms with van der Waals surface area (Å²) in [5.41, 5.74) is 1.96. The lowest BCUT2D eigenvalue weighted by molar-refractivity contribution is -0.704. The van der Waals surface area contributed by atoms with E-state index in [-0.39, 0.29) is 23.7 Å². The molecule has 1 aliphatic rings. The number of quaternary nitrogens is 1. The average molecular weight is 361 g/mol. The number of alkyl halides is 2. The summed E-state index contributed by atoms with van der Waals surface area (Å²) in [5.74, 6) is 0.140. The van der Waals surface area contributed by atoms with Crippen LogP contribution in [0, 0.1) is 0 Å². The average Bonchev–Trinajstić information content (AvgIpc) is 3.44. The van der Waals surface area contributed by atoms with Gasteiger partial charge in [0.1, 0.15) is 11.8 Å². The van der Waals surface area contributed by atoms with Gasteiger partial charge in [-0.1, -0.05) is 30.3 Å². The fraction of sp³-hybridized carbons (Fsp3) is 0.350.